The van der Waals surface area contributed by atoms with Gasteiger partial charge in [0.05, 0.1) is 12.1 Å². The Bertz CT molecular complexity index is 819. The number of alkyl halides is 2. The molecule has 2 aliphatic heterocycles. The molecule has 0 amide bonds. The molecule has 2 fully saturated rings. The average molecular weight is 362 g/mol. The number of nitrogens with zero attached hydrogens (tertiary/aromatic N) is 2. The topological polar surface area (TPSA) is 34.5 Å². The standard InChI is InChI=1S/C20H24F2N2O2/c1-12-19(16-5-3-4-6-17(16)24(12)11-18(21)22)20(25)26-15-9-13-7-8-14(10-15)23(13)2/h3-6,13-15,18H,7-11H2,1-2H3/t13-,14+,15+. The maximum atomic E-state index is 13.0. The Labute approximate surface area is 151 Å². The highest BCUT2D eigenvalue weighted by atomic mass is 19.3. The van der Waals surface area contributed by atoms with Crippen LogP contribution in [0.25, 0.3) is 10.9 Å². The number of aromatic nitrogens is 1. The molecule has 3 heterocycles. The lowest BCUT2D eigenvalue weighted by Crippen LogP contribution is -2.43. The summed E-state index contributed by atoms with van der Waals surface area (Å²) in [5.74, 6) is -0.388. The number of piperidine rings is 1. The Morgan fingerprint density at radius 2 is 1.88 bits per heavy atom. The van der Waals surface area contributed by atoms with Gasteiger partial charge in [0, 0.05) is 41.5 Å². The molecular weight excluding hydrogens is 338 g/mol. The summed E-state index contributed by atoms with van der Waals surface area (Å²) in [5, 5.41) is 0.687. The van der Waals surface area contributed by atoms with E-state index in [1.54, 1.807) is 25.1 Å². The van der Waals surface area contributed by atoms with Gasteiger partial charge in [-0.25, -0.2) is 13.6 Å². The van der Waals surface area contributed by atoms with E-state index in [1.807, 2.05) is 6.07 Å². The van der Waals surface area contributed by atoms with Crippen LogP contribution >= 0.6 is 0 Å². The number of para-hydroxylation sites is 1. The summed E-state index contributed by atoms with van der Waals surface area (Å²) in [4.78, 5) is 15.3. The van der Waals surface area contributed by atoms with Crippen molar-refractivity contribution in [3.8, 4) is 0 Å². The molecule has 0 spiro atoms. The fourth-order valence-corrected chi connectivity index (χ4v) is 4.73. The van der Waals surface area contributed by atoms with Crippen molar-refractivity contribution < 1.29 is 18.3 Å². The summed E-state index contributed by atoms with van der Waals surface area (Å²) in [7, 11) is 2.14. The SMILES string of the molecule is Cc1c(C(=O)O[C@H]2C[C@H]3CC[C@@H](C2)N3C)c2ccccc2n1CC(F)F. The Balaban J connectivity index is 1.62. The molecule has 0 saturated carbocycles. The lowest BCUT2D eigenvalue weighted by molar-refractivity contribution is -0.000390. The molecule has 0 radical (unpaired) electrons. The van der Waals surface area contributed by atoms with E-state index < -0.39 is 13.0 Å². The first-order chi connectivity index (χ1) is 12.5. The maximum Gasteiger partial charge on any atom is 0.340 e. The molecule has 0 aliphatic carbocycles. The molecule has 4 nitrogen and oxygen atoms in total. The van der Waals surface area contributed by atoms with E-state index in [4.69, 9.17) is 4.74 Å². The van der Waals surface area contributed by atoms with Gasteiger partial charge >= 0.3 is 5.97 Å². The molecular formula is C20H24F2N2O2. The van der Waals surface area contributed by atoms with Gasteiger partial charge in [-0.2, -0.15) is 0 Å². The summed E-state index contributed by atoms with van der Waals surface area (Å²) in [6, 6.07) is 8.16. The van der Waals surface area contributed by atoms with E-state index in [2.05, 4.69) is 11.9 Å². The van der Waals surface area contributed by atoms with Crippen molar-refractivity contribution >= 4 is 16.9 Å². The van der Waals surface area contributed by atoms with Crippen LogP contribution in [0.3, 0.4) is 0 Å². The van der Waals surface area contributed by atoms with Crippen molar-refractivity contribution in [1.29, 1.82) is 0 Å². The van der Waals surface area contributed by atoms with Gasteiger partial charge in [-0.15, -0.1) is 0 Å². The second-order valence-electron chi connectivity index (χ2n) is 7.53. The lowest BCUT2D eigenvalue weighted by atomic mass is 10.0. The van der Waals surface area contributed by atoms with Crippen molar-refractivity contribution in [2.45, 2.75) is 63.8 Å². The van der Waals surface area contributed by atoms with Crippen molar-refractivity contribution in [1.82, 2.24) is 9.47 Å². The van der Waals surface area contributed by atoms with Gasteiger partial charge in [0.15, 0.2) is 0 Å². The molecule has 4 rings (SSSR count). The molecule has 2 bridgehead atoms. The highest BCUT2D eigenvalue weighted by Gasteiger charge is 2.40. The Morgan fingerprint density at radius 1 is 1.23 bits per heavy atom. The van der Waals surface area contributed by atoms with Gasteiger partial charge in [-0.05, 0) is 32.9 Å². The molecule has 1 aromatic heterocycles. The zero-order valence-electron chi connectivity index (χ0n) is 15.1. The van der Waals surface area contributed by atoms with Crippen molar-refractivity contribution in [3.05, 3.63) is 35.5 Å². The van der Waals surface area contributed by atoms with Crippen molar-refractivity contribution in [3.63, 3.8) is 0 Å². The minimum atomic E-state index is -2.47. The number of hydrogen-bond donors (Lipinski definition) is 0. The van der Waals surface area contributed by atoms with Crippen LogP contribution in [0.5, 0.6) is 0 Å². The number of rotatable bonds is 4. The van der Waals surface area contributed by atoms with Gasteiger partial charge in [-0.3, -0.25) is 0 Å². The first kappa shape index (κ1) is 17.5. The first-order valence-electron chi connectivity index (χ1n) is 9.24. The van der Waals surface area contributed by atoms with Crippen LogP contribution in [0.15, 0.2) is 24.3 Å². The van der Waals surface area contributed by atoms with Gasteiger partial charge in [0.1, 0.15) is 6.10 Å². The third kappa shape index (κ3) is 2.90. The van der Waals surface area contributed by atoms with Crippen molar-refractivity contribution in [2.75, 3.05) is 7.05 Å². The summed E-state index contributed by atoms with van der Waals surface area (Å²) >= 11 is 0. The summed E-state index contributed by atoms with van der Waals surface area (Å²) in [5.41, 5.74) is 1.63. The Morgan fingerprint density at radius 3 is 2.54 bits per heavy atom. The van der Waals surface area contributed by atoms with E-state index >= 15 is 0 Å². The van der Waals surface area contributed by atoms with Crippen molar-refractivity contribution in [2.24, 2.45) is 0 Å². The predicted molar refractivity (Wildman–Crippen MR) is 95.7 cm³/mol. The van der Waals surface area contributed by atoms with E-state index in [0.29, 0.717) is 34.2 Å². The van der Waals surface area contributed by atoms with E-state index in [1.165, 1.54) is 4.57 Å². The number of esters is 1. The lowest BCUT2D eigenvalue weighted by Gasteiger charge is -2.35. The first-order valence-corrected chi connectivity index (χ1v) is 9.24. The third-order valence-electron chi connectivity index (χ3n) is 6.08. The number of fused-ring (bicyclic) bond motifs is 3. The summed E-state index contributed by atoms with van der Waals surface area (Å²) < 4.78 is 33.4. The smallest absolute Gasteiger partial charge is 0.340 e. The summed E-state index contributed by atoms with van der Waals surface area (Å²) in [6.07, 6.45) is 1.45. The Kier molecular flexibility index (Phi) is 4.47. The zero-order valence-corrected chi connectivity index (χ0v) is 15.1. The van der Waals surface area contributed by atoms with Gasteiger partial charge in [-0.1, -0.05) is 18.2 Å². The molecule has 2 aromatic rings. The molecule has 2 aliphatic rings. The second-order valence-corrected chi connectivity index (χ2v) is 7.53. The normalized spacial score (nSPS) is 26.0. The van der Waals surface area contributed by atoms with Crippen LogP contribution in [-0.4, -0.2) is 47.1 Å². The summed E-state index contributed by atoms with van der Waals surface area (Å²) in [6.45, 7) is 1.30. The largest absolute Gasteiger partial charge is 0.459 e. The van der Waals surface area contributed by atoms with E-state index in [-0.39, 0.29) is 12.1 Å². The van der Waals surface area contributed by atoms with Crippen LogP contribution in [0.4, 0.5) is 8.78 Å². The van der Waals surface area contributed by atoms with Gasteiger partial charge in [0.2, 0.25) is 0 Å². The molecule has 3 atom stereocenters. The monoisotopic (exact) mass is 362 g/mol. The molecule has 0 unspecified atom stereocenters. The fraction of sp³-hybridized carbons (Fsp3) is 0.550. The molecule has 26 heavy (non-hydrogen) atoms. The Hall–Kier alpha value is -1.95. The fourth-order valence-electron chi connectivity index (χ4n) is 4.73. The minimum absolute atomic E-state index is 0.0900. The molecule has 1 aromatic carbocycles. The van der Waals surface area contributed by atoms with Gasteiger partial charge < -0.3 is 14.2 Å². The second kappa shape index (κ2) is 6.65. The minimum Gasteiger partial charge on any atom is -0.459 e. The highest BCUT2D eigenvalue weighted by Crippen LogP contribution is 2.36. The quantitative estimate of drug-likeness (QED) is 0.771. The highest BCUT2D eigenvalue weighted by molar-refractivity contribution is 6.06. The van der Waals surface area contributed by atoms with E-state index in [9.17, 15) is 13.6 Å². The predicted octanol–water partition coefficient (Wildman–Crippen LogP) is 4.00. The van der Waals surface area contributed by atoms with E-state index in [0.717, 1.165) is 25.7 Å². The maximum absolute atomic E-state index is 13.0. The van der Waals surface area contributed by atoms with Gasteiger partial charge in [0.25, 0.3) is 6.43 Å². The number of benzene rings is 1. The molecule has 6 heteroatoms. The number of halogens is 2. The number of hydrogen-bond acceptors (Lipinski definition) is 3. The molecule has 0 N–H and O–H groups in total. The van der Waals surface area contributed by atoms with Crippen LogP contribution < -0.4 is 0 Å². The number of ether oxygens (including phenoxy) is 1. The van der Waals surface area contributed by atoms with Crippen LogP contribution in [0, 0.1) is 6.92 Å². The number of carbonyl (C=O) groups excluding carboxylic acids is 1. The number of carbonyl (C=O) groups is 1. The zero-order chi connectivity index (χ0) is 18.4. The molecule has 2 saturated heterocycles. The van der Waals surface area contributed by atoms with Crippen LogP contribution in [-0.2, 0) is 11.3 Å². The third-order valence-corrected chi connectivity index (χ3v) is 6.08. The van der Waals surface area contributed by atoms with Crippen LogP contribution in [0.1, 0.15) is 41.7 Å². The molecule has 140 valence electrons. The van der Waals surface area contributed by atoms with Crippen LogP contribution in [0.2, 0.25) is 0 Å². The average Bonchev–Trinajstić information content (AvgIpc) is 2.97.